The Kier molecular flexibility index (Phi) is 5.51. The topological polar surface area (TPSA) is 114 Å². The van der Waals surface area contributed by atoms with E-state index in [0.717, 1.165) is 11.8 Å². The molecule has 9 heteroatoms. The van der Waals surface area contributed by atoms with Crippen molar-refractivity contribution in [3.8, 4) is 11.4 Å². The van der Waals surface area contributed by atoms with Gasteiger partial charge in [0.05, 0.1) is 10.8 Å². The van der Waals surface area contributed by atoms with Gasteiger partial charge in [0.25, 0.3) is 0 Å². The van der Waals surface area contributed by atoms with Crippen molar-refractivity contribution in [2.45, 2.75) is 17.3 Å². The fraction of sp³-hybridized carbons (Fsp3) is 0.111. The lowest BCUT2D eigenvalue weighted by atomic mass is 10.2. The molecule has 2 amide bonds. The number of hydrogen-bond donors (Lipinski definition) is 3. The number of primary amides is 1. The lowest BCUT2D eigenvalue weighted by Gasteiger charge is -2.10. The zero-order valence-electron chi connectivity index (χ0n) is 14.3. The highest BCUT2D eigenvalue weighted by molar-refractivity contribution is 8.00. The van der Waals surface area contributed by atoms with E-state index >= 15 is 0 Å². The van der Waals surface area contributed by atoms with E-state index in [0.29, 0.717) is 27.8 Å². The Bertz CT molecular complexity index is 974. The van der Waals surface area contributed by atoms with Crippen LogP contribution in [0.3, 0.4) is 0 Å². The first-order chi connectivity index (χ1) is 12.9. The van der Waals surface area contributed by atoms with Gasteiger partial charge in [0, 0.05) is 11.3 Å². The van der Waals surface area contributed by atoms with Crippen molar-refractivity contribution < 1.29 is 14.0 Å². The molecular weight excluding hydrogens is 369 g/mol. The van der Waals surface area contributed by atoms with Crippen molar-refractivity contribution in [2.24, 2.45) is 5.73 Å². The molecule has 2 aromatic carbocycles. The molecule has 0 fully saturated rings. The molecule has 0 aliphatic carbocycles. The molecule has 3 aromatic rings. The van der Waals surface area contributed by atoms with E-state index in [2.05, 4.69) is 20.5 Å². The second kappa shape index (κ2) is 8.00. The first kappa shape index (κ1) is 18.6. The van der Waals surface area contributed by atoms with E-state index < -0.39 is 17.0 Å². The summed E-state index contributed by atoms with van der Waals surface area (Å²) < 4.78 is 13.8. The monoisotopic (exact) mass is 385 g/mol. The number of nitrogens with two attached hydrogens (primary N) is 1. The number of aromatic amines is 1. The molecule has 0 saturated heterocycles. The van der Waals surface area contributed by atoms with Crippen LogP contribution in [0.2, 0.25) is 0 Å². The number of thioether (sulfide) groups is 1. The zero-order valence-corrected chi connectivity index (χ0v) is 15.1. The van der Waals surface area contributed by atoms with Gasteiger partial charge in [-0.25, -0.2) is 9.37 Å². The van der Waals surface area contributed by atoms with E-state index in [-0.39, 0.29) is 5.91 Å². The van der Waals surface area contributed by atoms with Gasteiger partial charge < -0.3 is 11.1 Å². The number of nitrogens with one attached hydrogen (secondary N) is 2. The summed E-state index contributed by atoms with van der Waals surface area (Å²) in [5, 5.41) is 9.28. The first-order valence-electron chi connectivity index (χ1n) is 7.98. The Morgan fingerprint density at radius 3 is 2.56 bits per heavy atom. The van der Waals surface area contributed by atoms with Gasteiger partial charge >= 0.3 is 0 Å². The van der Waals surface area contributed by atoms with E-state index in [4.69, 9.17) is 5.73 Å². The summed E-state index contributed by atoms with van der Waals surface area (Å²) in [7, 11) is 0. The summed E-state index contributed by atoms with van der Waals surface area (Å²) in [6, 6.07) is 12.5. The van der Waals surface area contributed by atoms with Crippen LogP contribution in [-0.4, -0.2) is 32.2 Å². The zero-order chi connectivity index (χ0) is 19.4. The predicted octanol–water partition coefficient (Wildman–Crippen LogP) is 2.83. The molecule has 4 N–H and O–H groups in total. The SMILES string of the molecule is CC(Sc1n[nH]c(-c2ccccc2F)n1)C(=O)Nc1ccc(C(N)=O)cc1. The number of amides is 2. The fourth-order valence-electron chi connectivity index (χ4n) is 2.25. The summed E-state index contributed by atoms with van der Waals surface area (Å²) in [6.45, 7) is 1.71. The Hall–Kier alpha value is -3.20. The van der Waals surface area contributed by atoms with E-state index in [9.17, 15) is 14.0 Å². The molecule has 0 bridgehead atoms. The molecule has 3 rings (SSSR count). The number of carbonyl (C=O) groups excluding carboxylic acids is 2. The van der Waals surface area contributed by atoms with Crippen molar-refractivity contribution in [1.82, 2.24) is 15.2 Å². The average molecular weight is 385 g/mol. The molecule has 0 aliphatic rings. The fourth-order valence-corrected chi connectivity index (χ4v) is 2.97. The molecule has 138 valence electrons. The van der Waals surface area contributed by atoms with Crippen molar-refractivity contribution in [1.29, 1.82) is 0 Å². The van der Waals surface area contributed by atoms with Gasteiger partial charge in [-0.15, -0.1) is 5.10 Å². The molecule has 7 nitrogen and oxygen atoms in total. The molecule has 0 spiro atoms. The standard InChI is InChI=1S/C18H16FN5O2S/c1-10(17(26)21-12-8-6-11(7-9-12)15(20)25)27-18-22-16(23-24-18)13-4-2-3-5-14(13)19/h2-10H,1H3,(H2,20,25)(H,21,26)(H,22,23,24). The smallest absolute Gasteiger partial charge is 0.248 e. The minimum atomic E-state index is -0.535. The first-order valence-corrected chi connectivity index (χ1v) is 8.86. The van der Waals surface area contributed by atoms with Gasteiger partial charge in [0.15, 0.2) is 5.82 Å². The predicted molar refractivity (Wildman–Crippen MR) is 101 cm³/mol. The Balaban J connectivity index is 1.63. The minimum Gasteiger partial charge on any atom is -0.366 e. The average Bonchev–Trinajstić information content (AvgIpc) is 3.10. The van der Waals surface area contributed by atoms with Crippen LogP contribution in [0.5, 0.6) is 0 Å². The molecule has 1 aromatic heterocycles. The summed E-state index contributed by atoms with van der Waals surface area (Å²) in [4.78, 5) is 27.6. The molecule has 1 unspecified atom stereocenters. The summed E-state index contributed by atoms with van der Waals surface area (Å²) in [5.41, 5.74) is 6.39. The molecule has 0 saturated carbocycles. The van der Waals surface area contributed by atoms with Gasteiger partial charge in [-0.1, -0.05) is 23.9 Å². The second-order valence-electron chi connectivity index (χ2n) is 5.64. The summed E-state index contributed by atoms with van der Waals surface area (Å²) >= 11 is 1.14. The largest absolute Gasteiger partial charge is 0.366 e. The van der Waals surface area contributed by atoms with Crippen LogP contribution >= 0.6 is 11.8 Å². The number of nitrogens with zero attached hydrogens (tertiary/aromatic N) is 2. The van der Waals surface area contributed by atoms with Gasteiger partial charge in [-0.3, -0.25) is 14.7 Å². The number of anilines is 1. The van der Waals surface area contributed by atoms with Crippen LogP contribution in [0.25, 0.3) is 11.4 Å². The van der Waals surface area contributed by atoms with Crippen LogP contribution in [0, 0.1) is 5.82 Å². The lowest BCUT2D eigenvalue weighted by molar-refractivity contribution is -0.115. The number of carbonyl (C=O) groups is 2. The van der Waals surface area contributed by atoms with Crippen LogP contribution in [0.1, 0.15) is 17.3 Å². The number of aromatic nitrogens is 3. The van der Waals surface area contributed by atoms with Gasteiger partial charge in [-0.2, -0.15) is 0 Å². The highest BCUT2D eigenvalue weighted by Crippen LogP contribution is 2.24. The summed E-state index contributed by atoms with van der Waals surface area (Å²) in [5.74, 6) is -0.906. The third-order valence-corrected chi connectivity index (χ3v) is 4.64. The Morgan fingerprint density at radius 2 is 1.89 bits per heavy atom. The highest BCUT2D eigenvalue weighted by Gasteiger charge is 2.18. The number of hydrogen-bond acceptors (Lipinski definition) is 5. The Labute approximate surface area is 158 Å². The molecule has 27 heavy (non-hydrogen) atoms. The Morgan fingerprint density at radius 1 is 1.19 bits per heavy atom. The molecule has 0 aliphatic heterocycles. The van der Waals surface area contributed by atoms with Crippen LogP contribution in [-0.2, 0) is 4.79 Å². The highest BCUT2D eigenvalue weighted by atomic mass is 32.2. The summed E-state index contributed by atoms with van der Waals surface area (Å²) in [6.07, 6.45) is 0. The third-order valence-electron chi connectivity index (χ3n) is 3.68. The third kappa shape index (κ3) is 4.50. The number of rotatable bonds is 6. The van der Waals surface area contributed by atoms with Crippen LogP contribution in [0.15, 0.2) is 53.7 Å². The van der Waals surface area contributed by atoms with Crippen LogP contribution in [0.4, 0.5) is 10.1 Å². The van der Waals surface area contributed by atoms with Gasteiger partial charge in [0.1, 0.15) is 5.82 Å². The number of H-pyrrole nitrogens is 1. The number of benzene rings is 2. The van der Waals surface area contributed by atoms with Crippen LogP contribution < -0.4 is 11.1 Å². The maximum Gasteiger partial charge on any atom is 0.248 e. The molecular formula is C18H16FN5O2S. The van der Waals surface area contributed by atoms with Crippen molar-refractivity contribution in [2.75, 3.05) is 5.32 Å². The quantitative estimate of drug-likeness (QED) is 0.565. The normalized spacial score (nSPS) is 11.8. The van der Waals surface area contributed by atoms with Crippen molar-refractivity contribution >= 4 is 29.3 Å². The molecule has 1 atom stereocenters. The van der Waals surface area contributed by atoms with E-state index in [1.54, 1.807) is 37.3 Å². The van der Waals surface area contributed by atoms with E-state index in [1.807, 2.05) is 0 Å². The van der Waals surface area contributed by atoms with Crippen molar-refractivity contribution in [3.63, 3.8) is 0 Å². The maximum atomic E-state index is 13.8. The van der Waals surface area contributed by atoms with Gasteiger partial charge in [-0.05, 0) is 43.3 Å². The second-order valence-corrected chi connectivity index (χ2v) is 6.95. The lowest BCUT2D eigenvalue weighted by Crippen LogP contribution is -2.22. The molecule has 0 radical (unpaired) electrons. The maximum absolute atomic E-state index is 13.8. The number of halogens is 1. The van der Waals surface area contributed by atoms with Crippen molar-refractivity contribution in [3.05, 3.63) is 59.9 Å². The molecule has 1 heterocycles. The van der Waals surface area contributed by atoms with Gasteiger partial charge in [0.2, 0.25) is 17.0 Å². The van der Waals surface area contributed by atoms with E-state index in [1.165, 1.54) is 18.2 Å². The minimum absolute atomic E-state index is 0.260.